The second-order valence-corrected chi connectivity index (χ2v) is 7.49. The van der Waals surface area contributed by atoms with Crippen molar-refractivity contribution in [3.05, 3.63) is 59.2 Å². The summed E-state index contributed by atoms with van der Waals surface area (Å²) in [7, 11) is -3.86. The summed E-state index contributed by atoms with van der Waals surface area (Å²) in [6.07, 6.45) is 0.683. The van der Waals surface area contributed by atoms with Gasteiger partial charge in [-0.05, 0) is 50.1 Å². The minimum absolute atomic E-state index is 0.00852. The molecular formula is C17H18FN5O3S. The van der Waals surface area contributed by atoms with Crippen molar-refractivity contribution < 1.29 is 17.3 Å². The standard InChI is InChI=1S/C17H18FN5O3S/c1-11-17(12(2)26-22-11)27(24,25)23-16-8-7-15(20-21-16)19-10-9-13-3-5-14(18)6-4-13/h3-8H,9-10H2,1-2H3,(H,19,20)(H,21,23). The average Bonchev–Trinajstić information content (AvgIpc) is 2.97. The lowest BCUT2D eigenvalue weighted by Gasteiger charge is -2.08. The van der Waals surface area contributed by atoms with Gasteiger partial charge in [0.2, 0.25) is 0 Å². The third-order valence-corrected chi connectivity index (χ3v) is 5.37. The first-order valence-electron chi connectivity index (χ1n) is 8.13. The minimum atomic E-state index is -3.86. The van der Waals surface area contributed by atoms with E-state index in [0.717, 1.165) is 5.56 Å². The third-order valence-electron chi connectivity index (χ3n) is 3.77. The number of aryl methyl sites for hydroxylation is 2. The van der Waals surface area contributed by atoms with Gasteiger partial charge in [0, 0.05) is 6.54 Å². The number of anilines is 2. The van der Waals surface area contributed by atoms with Gasteiger partial charge >= 0.3 is 0 Å². The summed E-state index contributed by atoms with van der Waals surface area (Å²) in [5.74, 6) is 0.510. The summed E-state index contributed by atoms with van der Waals surface area (Å²) >= 11 is 0. The Morgan fingerprint density at radius 1 is 1.04 bits per heavy atom. The Kier molecular flexibility index (Phi) is 5.36. The van der Waals surface area contributed by atoms with Gasteiger partial charge in [-0.2, -0.15) is 0 Å². The number of rotatable bonds is 7. The Morgan fingerprint density at radius 2 is 1.70 bits per heavy atom. The molecule has 0 aliphatic rings. The predicted molar refractivity (Wildman–Crippen MR) is 97.4 cm³/mol. The molecule has 2 N–H and O–H groups in total. The molecule has 0 aliphatic heterocycles. The van der Waals surface area contributed by atoms with Crippen molar-refractivity contribution in [1.29, 1.82) is 0 Å². The maximum absolute atomic E-state index is 12.9. The van der Waals surface area contributed by atoms with E-state index in [4.69, 9.17) is 4.52 Å². The fraction of sp³-hybridized carbons (Fsp3) is 0.235. The van der Waals surface area contributed by atoms with Crippen LogP contribution in [-0.2, 0) is 16.4 Å². The van der Waals surface area contributed by atoms with Crippen LogP contribution >= 0.6 is 0 Å². The first kappa shape index (κ1) is 18.8. The first-order valence-corrected chi connectivity index (χ1v) is 9.61. The zero-order valence-electron chi connectivity index (χ0n) is 14.7. The van der Waals surface area contributed by atoms with Crippen molar-refractivity contribution in [2.24, 2.45) is 0 Å². The van der Waals surface area contributed by atoms with E-state index >= 15 is 0 Å². The third kappa shape index (κ3) is 4.59. The molecule has 0 bridgehead atoms. The molecule has 8 nitrogen and oxygen atoms in total. The molecule has 27 heavy (non-hydrogen) atoms. The molecule has 3 rings (SSSR count). The maximum Gasteiger partial charge on any atom is 0.268 e. The van der Waals surface area contributed by atoms with Crippen LogP contribution in [0, 0.1) is 19.7 Å². The fourth-order valence-corrected chi connectivity index (χ4v) is 3.84. The van der Waals surface area contributed by atoms with E-state index in [0.29, 0.717) is 18.8 Å². The molecule has 2 aromatic heterocycles. The van der Waals surface area contributed by atoms with E-state index < -0.39 is 10.0 Å². The van der Waals surface area contributed by atoms with Gasteiger partial charge in [0.05, 0.1) is 0 Å². The van der Waals surface area contributed by atoms with Crippen LogP contribution in [0.2, 0.25) is 0 Å². The summed E-state index contributed by atoms with van der Waals surface area (Å²) in [6, 6.07) is 9.38. The molecule has 0 saturated carbocycles. The lowest BCUT2D eigenvalue weighted by molar-refractivity contribution is 0.390. The van der Waals surface area contributed by atoms with Crippen LogP contribution in [0.4, 0.5) is 16.0 Å². The van der Waals surface area contributed by atoms with Crippen LogP contribution in [-0.4, -0.2) is 30.3 Å². The molecule has 0 unspecified atom stereocenters. The smallest absolute Gasteiger partial charge is 0.268 e. The predicted octanol–water partition coefficient (Wildman–Crippen LogP) is 2.68. The zero-order chi connectivity index (χ0) is 19.4. The van der Waals surface area contributed by atoms with Gasteiger partial charge in [-0.3, -0.25) is 4.72 Å². The van der Waals surface area contributed by atoms with Gasteiger partial charge in [0.15, 0.2) is 16.5 Å². The summed E-state index contributed by atoms with van der Waals surface area (Å²) in [6.45, 7) is 3.64. The number of nitrogens with one attached hydrogen (secondary N) is 2. The molecule has 0 radical (unpaired) electrons. The number of hydrogen-bond acceptors (Lipinski definition) is 7. The molecule has 0 amide bonds. The largest absolute Gasteiger partial charge is 0.368 e. The Hall–Kier alpha value is -3.01. The molecule has 142 valence electrons. The van der Waals surface area contributed by atoms with E-state index in [1.54, 1.807) is 25.1 Å². The highest BCUT2D eigenvalue weighted by molar-refractivity contribution is 7.92. The lowest BCUT2D eigenvalue weighted by atomic mass is 10.1. The van der Waals surface area contributed by atoms with Gasteiger partial charge < -0.3 is 9.84 Å². The first-order chi connectivity index (χ1) is 12.8. The number of nitrogens with zero attached hydrogens (tertiary/aromatic N) is 3. The Balaban J connectivity index is 1.59. The van der Waals surface area contributed by atoms with E-state index in [1.165, 1.54) is 25.1 Å². The van der Waals surface area contributed by atoms with Gasteiger partial charge in [0.1, 0.15) is 17.3 Å². The molecule has 0 aliphatic carbocycles. The highest BCUT2D eigenvalue weighted by Gasteiger charge is 2.24. The normalized spacial score (nSPS) is 11.4. The summed E-state index contributed by atoms with van der Waals surface area (Å²) < 4.78 is 45.0. The SMILES string of the molecule is Cc1noc(C)c1S(=O)(=O)Nc1ccc(NCCc2ccc(F)cc2)nn1. The van der Waals surface area contributed by atoms with Gasteiger partial charge in [-0.1, -0.05) is 17.3 Å². The van der Waals surface area contributed by atoms with Crippen molar-refractivity contribution in [1.82, 2.24) is 15.4 Å². The quantitative estimate of drug-likeness (QED) is 0.637. The molecule has 2 heterocycles. The molecule has 3 aromatic rings. The molecule has 0 spiro atoms. The van der Waals surface area contributed by atoms with Crippen molar-refractivity contribution in [3.8, 4) is 0 Å². The zero-order valence-corrected chi connectivity index (χ0v) is 15.5. The highest BCUT2D eigenvalue weighted by atomic mass is 32.2. The molecule has 0 fully saturated rings. The molecule has 10 heteroatoms. The second-order valence-electron chi connectivity index (χ2n) is 5.87. The average molecular weight is 391 g/mol. The molecular weight excluding hydrogens is 373 g/mol. The van der Waals surface area contributed by atoms with E-state index in [1.807, 2.05) is 0 Å². The number of sulfonamides is 1. The van der Waals surface area contributed by atoms with Crippen LogP contribution in [0.1, 0.15) is 17.0 Å². The fourth-order valence-electron chi connectivity index (χ4n) is 2.51. The molecule has 1 aromatic carbocycles. The summed E-state index contributed by atoms with van der Waals surface area (Å²) in [4.78, 5) is -0.00852. The monoisotopic (exact) mass is 391 g/mol. The maximum atomic E-state index is 12.9. The number of halogens is 1. The summed E-state index contributed by atoms with van der Waals surface area (Å²) in [5, 5.41) is 14.5. The van der Waals surface area contributed by atoms with Crippen molar-refractivity contribution in [3.63, 3.8) is 0 Å². The van der Waals surface area contributed by atoms with Crippen LogP contribution in [0.25, 0.3) is 0 Å². The number of benzene rings is 1. The number of aromatic nitrogens is 3. The number of hydrogen-bond donors (Lipinski definition) is 2. The van der Waals surface area contributed by atoms with Crippen LogP contribution in [0.3, 0.4) is 0 Å². The van der Waals surface area contributed by atoms with E-state index in [-0.39, 0.29) is 28.0 Å². The molecule has 0 atom stereocenters. The lowest BCUT2D eigenvalue weighted by Crippen LogP contribution is -2.16. The Morgan fingerprint density at radius 3 is 2.30 bits per heavy atom. The van der Waals surface area contributed by atoms with Crippen molar-refractivity contribution >= 4 is 21.7 Å². The van der Waals surface area contributed by atoms with E-state index in [9.17, 15) is 12.8 Å². The second kappa shape index (κ2) is 7.70. The highest BCUT2D eigenvalue weighted by Crippen LogP contribution is 2.21. The van der Waals surface area contributed by atoms with Crippen LogP contribution in [0.5, 0.6) is 0 Å². The van der Waals surface area contributed by atoms with Gasteiger partial charge in [-0.25, -0.2) is 12.8 Å². The van der Waals surface area contributed by atoms with Gasteiger partial charge in [0.25, 0.3) is 10.0 Å². The minimum Gasteiger partial charge on any atom is -0.368 e. The van der Waals surface area contributed by atoms with Gasteiger partial charge in [-0.15, -0.1) is 10.2 Å². The molecule has 0 saturated heterocycles. The Bertz CT molecular complexity index is 998. The van der Waals surface area contributed by atoms with E-state index in [2.05, 4.69) is 25.4 Å². The van der Waals surface area contributed by atoms with Crippen molar-refractivity contribution in [2.75, 3.05) is 16.6 Å². The summed E-state index contributed by atoms with van der Waals surface area (Å²) in [5.41, 5.74) is 1.26. The van der Waals surface area contributed by atoms with Crippen molar-refractivity contribution in [2.45, 2.75) is 25.2 Å². The Labute approximate surface area is 155 Å². The van der Waals surface area contributed by atoms with Crippen LogP contribution < -0.4 is 10.0 Å². The topological polar surface area (TPSA) is 110 Å². The van der Waals surface area contributed by atoms with Crippen LogP contribution in [0.15, 0.2) is 45.8 Å².